The van der Waals surface area contributed by atoms with Crippen molar-refractivity contribution < 1.29 is 4.79 Å². The van der Waals surface area contributed by atoms with Gasteiger partial charge in [0, 0.05) is 24.7 Å². The quantitative estimate of drug-likeness (QED) is 0.749. The van der Waals surface area contributed by atoms with Gasteiger partial charge < -0.3 is 4.90 Å². The van der Waals surface area contributed by atoms with Gasteiger partial charge in [-0.2, -0.15) is 0 Å². The molecule has 0 N–H and O–H groups in total. The Morgan fingerprint density at radius 2 is 2.16 bits per heavy atom. The van der Waals surface area contributed by atoms with Crippen LogP contribution >= 0.6 is 11.6 Å². The third-order valence-electron chi connectivity index (χ3n) is 3.51. The van der Waals surface area contributed by atoms with Gasteiger partial charge in [0.1, 0.15) is 0 Å². The maximum absolute atomic E-state index is 12.6. The first kappa shape index (κ1) is 12.4. The Bertz CT molecular complexity index is 609. The molecular weight excluding hydrogens is 260 g/mol. The highest BCUT2D eigenvalue weighted by atomic mass is 35.5. The van der Waals surface area contributed by atoms with Gasteiger partial charge in [-0.15, -0.1) is 11.6 Å². The van der Waals surface area contributed by atoms with Crippen molar-refractivity contribution in [1.82, 2.24) is 9.88 Å². The van der Waals surface area contributed by atoms with E-state index in [4.69, 9.17) is 11.6 Å². The summed E-state index contributed by atoms with van der Waals surface area (Å²) in [6.45, 7) is 1.41. The Morgan fingerprint density at radius 3 is 3.00 bits per heavy atom. The van der Waals surface area contributed by atoms with Gasteiger partial charge in [-0.1, -0.05) is 18.2 Å². The second-order valence-corrected chi connectivity index (χ2v) is 5.49. The minimum absolute atomic E-state index is 0.0367. The molecular formula is C15H15ClN2O. The molecule has 0 radical (unpaired) electrons. The van der Waals surface area contributed by atoms with Crippen molar-refractivity contribution in [3.05, 3.63) is 42.1 Å². The average molecular weight is 275 g/mol. The number of hydrogen-bond acceptors (Lipinski definition) is 2. The largest absolute Gasteiger partial charge is 0.337 e. The Kier molecular flexibility index (Phi) is 3.38. The molecule has 1 saturated heterocycles. The lowest BCUT2D eigenvalue weighted by atomic mass is 10.1. The summed E-state index contributed by atoms with van der Waals surface area (Å²) < 4.78 is 0. The number of piperidine rings is 1. The predicted octanol–water partition coefficient (Wildman–Crippen LogP) is 3.08. The van der Waals surface area contributed by atoms with Crippen molar-refractivity contribution in [3.8, 4) is 0 Å². The summed E-state index contributed by atoms with van der Waals surface area (Å²) >= 11 is 6.15. The molecule has 1 atom stereocenters. The summed E-state index contributed by atoms with van der Waals surface area (Å²) in [6.07, 6.45) is 3.68. The van der Waals surface area contributed by atoms with Crippen LogP contribution in [0, 0.1) is 0 Å². The smallest absolute Gasteiger partial charge is 0.256 e. The van der Waals surface area contributed by atoms with Gasteiger partial charge in [0.15, 0.2) is 0 Å². The highest BCUT2D eigenvalue weighted by molar-refractivity contribution is 6.21. The van der Waals surface area contributed by atoms with E-state index < -0.39 is 0 Å². The van der Waals surface area contributed by atoms with Gasteiger partial charge in [-0.05, 0) is 25.0 Å². The molecule has 0 spiro atoms. The van der Waals surface area contributed by atoms with Gasteiger partial charge in [0.25, 0.3) is 5.91 Å². The van der Waals surface area contributed by atoms with Crippen LogP contribution in [0.1, 0.15) is 23.2 Å². The number of para-hydroxylation sites is 1. The number of amides is 1. The van der Waals surface area contributed by atoms with Crippen LogP contribution in [0.15, 0.2) is 36.5 Å². The molecule has 3 rings (SSSR count). The van der Waals surface area contributed by atoms with Gasteiger partial charge in [-0.3, -0.25) is 9.78 Å². The van der Waals surface area contributed by atoms with Crippen molar-refractivity contribution in [2.24, 2.45) is 0 Å². The van der Waals surface area contributed by atoms with Crippen LogP contribution in [0.5, 0.6) is 0 Å². The lowest BCUT2D eigenvalue weighted by Gasteiger charge is -2.30. The molecule has 3 nitrogen and oxygen atoms in total. The highest BCUT2D eigenvalue weighted by Gasteiger charge is 2.24. The van der Waals surface area contributed by atoms with E-state index in [0.717, 1.165) is 30.3 Å². The topological polar surface area (TPSA) is 33.2 Å². The van der Waals surface area contributed by atoms with Crippen molar-refractivity contribution in [3.63, 3.8) is 0 Å². The summed E-state index contributed by atoms with van der Waals surface area (Å²) in [5, 5.41) is 1.06. The number of likely N-dealkylation sites (tertiary alicyclic amines) is 1. The molecule has 1 aliphatic heterocycles. The zero-order valence-corrected chi connectivity index (χ0v) is 11.3. The first-order valence-electron chi connectivity index (χ1n) is 6.53. The third-order valence-corrected chi connectivity index (χ3v) is 3.87. The van der Waals surface area contributed by atoms with Crippen molar-refractivity contribution in [2.75, 3.05) is 13.1 Å². The van der Waals surface area contributed by atoms with Crippen LogP contribution < -0.4 is 0 Å². The van der Waals surface area contributed by atoms with Crippen molar-refractivity contribution in [1.29, 1.82) is 0 Å². The molecule has 2 heterocycles. The minimum atomic E-state index is 0.0367. The number of carbonyl (C=O) groups excluding carboxylic acids is 1. The minimum Gasteiger partial charge on any atom is -0.337 e. The van der Waals surface area contributed by atoms with E-state index >= 15 is 0 Å². The lowest BCUT2D eigenvalue weighted by Crippen LogP contribution is -2.40. The molecule has 0 aliphatic carbocycles. The number of aromatic nitrogens is 1. The fraction of sp³-hybridized carbons (Fsp3) is 0.333. The molecule has 19 heavy (non-hydrogen) atoms. The van der Waals surface area contributed by atoms with Crippen LogP contribution in [0.3, 0.4) is 0 Å². The van der Waals surface area contributed by atoms with Gasteiger partial charge in [-0.25, -0.2) is 0 Å². The molecule has 1 aliphatic rings. The monoisotopic (exact) mass is 274 g/mol. The van der Waals surface area contributed by atoms with E-state index in [1.807, 2.05) is 35.2 Å². The SMILES string of the molecule is O=C(c1cccc2cccnc12)N1CCCC(Cl)C1. The second kappa shape index (κ2) is 5.17. The number of fused-ring (bicyclic) bond motifs is 1. The maximum Gasteiger partial charge on any atom is 0.256 e. The van der Waals surface area contributed by atoms with Gasteiger partial charge >= 0.3 is 0 Å². The summed E-state index contributed by atoms with van der Waals surface area (Å²) in [7, 11) is 0. The molecule has 0 bridgehead atoms. The van der Waals surface area contributed by atoms with Crippen LogP contribution in [0.4, 0.5) is 0 Å². The Balaban J connectivity index is 1.97. The number of halogens is 1. The third kappa shape index (κ3) is 2.43. The number of alkyl halides is 1. The molecule has 1 aromatic carbocycles. The van der Waals surface area contributed by atoms with Crippen LogP contribution in [0.2, 0.25) is 0 Å². The van der Waals surface area contributed by atoms with E-state index in [2.05, 4.69) is 4.98 Å². The standard InChI is InChI=1S/C15H15ClN2O/c16-12-6-3-9-18(10-12)15(19)13-7-1-4-11-5-2-8-17-14(11)13/h1-2,4-5,7-8,12H,3,6,9-10H2. The molecule has 1 aromatic heterocycles. The van der Waals surface area contributed by atoms with Crippen LogP contribution in [0.25, 0.3) is 10.9 Å². The summed E-state index contributed by atoms with van der Waals surface area (Å²) in [6, 6.07) is 9.57. The number of pyridine rings is 1. The van der Waals surface area contributed by atoms with Gasteiger partial charge in [0.05, 0.1) is 16.5 Å². The molecule has 1 fully saturated rings. The normalized spacial score (nSPS) is 19.6. The highest BCUT2D eigenvalue weighted by Crippen LogP contribution is 2.21. The molecule has 0 saturated carbocycles. The molecule has 2 aromatic rings. The zero-order valence-electron chi connectivity index (χ0n) is 10.6. The first-order valence-corrected chi connectivity index (χ1v) is 6.96. The Morgan fingerprint density at radius 1 is 1.32 bits per heavy atom. The fourth-order valence-electron chi connectivity index (χ4n) is 2.56. The summed E-state index contributed by atoms with van der Waals surface area (Å²) in [4.78, 5) is 18.8. The van der Waals surface area contributed by atoms with E-state index in [9.17, 15) is 4.79 Å². The molecule has 1 unspecified atom stereocenters. The first-order chi connectivity index (χ1) is 9.25. The van der Waals surface area contributed by atoms with Crippen molar-refractivity contribution in [2.45, 2.75) is 18.2 Å². The van der Waals surface area contributed by atoms with E-state index in [1.54, 1.807) is 6.20 Å². The number of nitrogens with zero attached hydrogens (tertiary/aromatic N) is 2. The summed E-state index contributed by atoms with van der Waals surface area (Å²) in [5.41, 5.74) is 1.44. The van der Waals surface area contributed by atoms with E-state index in [0.29, 0.717) is 12.1 Å². The number of carbonyl (C=O) groups is 1. The molecule has 98 valence electrons. The summed E-state index contributed by atoms with van der Waals surface area (Å²) in [5.74, 6) is 0.0367. The van der Waals surface area contributed by atoms with Crippen molar-refractivity contribution >= 4 is 28.4 Å². The predicted molar refractivity (Wildman–Crippen MR) is 76.5 cm³/mol. The Hall–Kier alpha value is -1.61. The van der Waals surface area contributed by atoms with Gasteiger partial charge in [0.2, 0.25) is 0 Å². The maximum atomic E-state index is 12.6. The van der Waals surface area contributed by atoms with Crippen LogP contribution in [-0.4, -0.2) is 34.3 Å². The number of benzene rings is 1. The number of rotatable bonds is 1. The second-order valence-electron chi connectivity index (χ2n) is 4.87. The van der Waals surface area contributed by atoms with E-state index in [-0.39, 0.29) is 11.3 Å². The molecule has 4 heteroatoms. The Labute approximate surface area is 117 Å². The fourth-order valence-corrected chi connectivity index (χ4v) is 2.88. The van der Waals surface area contributed by atoms with E-state index in [1.165, 1.54) is 0 Å². The van der Waals surface area contributed by atoms with Crippen LogP contribution in [-0.2, 0) is 0 Å². The number of hydrogen-bond donors (Lipinski definition) is 0. The average Bonchev–Trinajstić information content (AvgIpc) is 2.46. The lowest BCUT2D eigenvalue weighted by molar-refractivity contribution is 0.0729. The zero-order chi connectivity index (χ0) is 13.2. The molecule has 1 amide bonds.